The minimum absolute atomic E-state index is 0.0158. The first-order valence-corrected chi connectivity index (χ1v) is 15.7. The van der Waals surface area contributed by atoms with E-state index in [0.29, 0.717) is 5.56 Å². The smallest absolute Gasteiger partial charge is 0.412 e. The molecule has 1 aliphatic heterocycles. The van der Waals surface area contributed by atoms with Crippen molar-refractivity contribution in [2.45, 2.75) is 32.6 Å². The van der Waals surface area contributed by atoms with Gasteiger partial charge in [-0.15, -0.1) is 0 Å². The first-order valence-electron chi connectivity index (χ1n) is 13.9. The second-order valence-electron chi connectivity index (χ2n) is 10.3. The van der Waals surface area contributed by atoms with Crippen molar-refractivity contribution in [2.75, 3.05) is 39.5 Å². The Labute approximate surface area is 255 Å². The van der Waals surface area contributed by atoms with Crippen LogP contribution in [0.4, 0.5) is 17.6 Å². The standard InChI is InChI=1S/C29H31F4N4O7P/c1-3-43-22(38)14-35-45(42,44-17-29(31,32)33)13-5-12-36(2)27(40)23-20-6-4-11-34-25(20)26(39)24-21(23)16-37(28(24)41)15-18-7-9-19(30)10-8-18/h4,6-11,39H,3,5,12-17H2,1-2H3,(H,35,42). The van der Waals surface area contributed by atoms with Crippen LogP contribution < -0.4 is 5.09 Å². The lowest BCUT2D eigenvalue weighted by Crippen LogP contribution is -2.31. The lowest BCUT2D eigenvalue weighted by molar-refractivity contribution is -0.153. The van der Waals surface area contributed by atoms with Crippen LogP contribution in [0, 0.1) is 5.82 Å². The van der Waals surface area contributed by atoms with E-state index in [1.54, 1.807) is 12.1 Å². The zero-order chi connectivity index (χ0) is 32.9. The molecule has 2 amide bonds. The number of rotatable bonds is 13. The van der Waals surface area contributed by atoms with Crippen LogP contribution in [0.3, 0.4) is 0 Å². The molecule has 0 saturated heterocycles. The van der Waals surface area contributed by atoms with Crippen LogP contribution in [0.25, 0.3) is 10.9 Å². The van der Waals surface area contributed by atoms with Crippen LogP contribution >= 0.6 is 7.52 Å². The van der Waals surface area contributed by atoms with E-state index in [9.17, 15) is 41.6 Å². The second kappa shape index (κ2) is 13.9. The summed E-state index contributed by atoms with van der Waals surface area (Å²) in [6.07, 6.45) is -3.91. The number of carbonyl (C=O) groups is 3. The molecule has 45 heavy (non-hydrogen) atoms. The molecule has 2 N–H and O–H groups in total. The second-order valence-corrected chi connectivity index (χ2v) is 12.6. The van der Waals surface area contributed by atoms with Crippen molar-refractivity contribution in [3.63, 3.8) is 0 Å². The van der Waals surface area contributed by atoms with Gasteiger partial charge in [-0.05, 0) is 37.1 Å². The van der Waals surface area contributed by atoms with Gasteiger partial charge in [-0.2, -0.15) is 13.2 Å². The molecule has 3 aromatic rings. The minimum Gasteiger partial charge on any atom is -0.505 e. The third-order valence-corrected chi connectivity index (χ3v) is 9.08. The number of benzene rings is 2. The molecule has 4 rings (SSSR count). The number of ether oxygens (including phenoxy) is 1. The summed E-state index contributed by atoms with van der Waals surface area (Å²) in [4.78, 5) is 45.8. The topological polar surface area (TPSA) is 138 Å². The van der Waals surface area contributed by atoms with Crippen LogP contribution in [-0.2, 0) is 31.7 Å². The van der Waals surface area contributed by atoms with Gasteiger partial charge < -0.3 is 24.2 Å². The van der Waals surface area contributed by atoms with Crippen molar-refractivity contribution in [2.24, 2.45) is 0 Å². The van der Waals surface area contributed by atoms with Gasteiger partial charge in [0.25, 0.3) is 19.3 Å². The minimum atomic E-state index is -4.77. The van der Waals surface area contributed by atoms with E-state index in [-0.39, 0.29) is 66.0 Å². The molecular weight excluding hydrogens is 623 g/mol. The quantitative estimate of drug-likeness (QED) is 0.154. The molecule has 1 aromatic heterocycles. The summed E-state index contributed by atoms with van der Waals surface area (Å²) in [6, 6.07) is 8.66. The average Bonchev–Trinajstić information content (AvgIpc) is 3.31. The zero-order valence-electron chi connectivity index (χ0n) is 24.4. The molecule has 0 radical (unpaired) electrons. The third-order valence-electron chi connectivity index (χ3n) is 6.99. The van der Waals surface area contributed by atoms with Gasteiger partial charge >= 0.3 is 12.1 Å². The molecule has 0 bridgehead atoms. The Morgan fingerprint density at radius 3 is 2.58 bits per heavy atom. The Morgan fingerprint density at radius 2 is 1.91 bits per heavy atom. The molecule has 1 unspecified atom stereocenters. The third kappa shape index (κ3) is 8.16. The summed E-state index contributed by atoms with van der Waals surface area (Å²) in [5.74, 6) is -2.79. The molecule has 0 saturated carbocycles. The van der Waals surface area contributed by atoms with Gasteiger partial charge in [0.2, 0.25) is 0 Å². The number of phenolic OH excluding ortho intramolecular Hbond substituents is 1. The maximum Gasteiger partial charge on any atom is 0.412 e. The average molecular weight is 655 g/mol. The number of hydrogen-bond donors (Lipinski definition) is 2. The van der Waals surface area contributed by atoms with Gasteiger partial charge in [-0.1, -0.05) is 18.2 Å². The number of phenols is 1. The SMILES string of the molecule is CCOC(=O)CNP(=O)(CCCN(C)C(=O)c1c2c(c(O)c3ncccc13)C(=O)N(Cc1ccc(F)cc1)C2)OCC(F)(F)F. The Hall–Kier alpha value is -4.07. The largest absolute Gasteiger partial charge is 0.505 e. The molecule has 2 aromatic carbocycles. The number of nitrogens with one attached hydrogen (secondary N) is 1. The predicted molar refractivity (Wildman–Crippen MR) is 154 cm³/mol. The van der Waals surface area contributed by atoms with Crippen LogP contribution in [0.15, 0.2) is 42.6 Å². The number of amides is 2. The summed E-state index contributed by atoms with van der Waals surface area (Å²) < 4.78 is 74.4. The van der Waals surface area contributed by atoms with Gasteiger partial charge in [-0.25, -0.2) is 9.48 Å². The van der Waals surface area contributed by atoms with Crippen LogP contribution in [0.5, 0.6) is 5.75 Å². The van der Waals surface area contributed by atoms with E-state index < -0.39 is 56.6 Å². The van der Waals surface area contributed by atoms with Gasteiger partial charge in [0, 0.05) is 50.0 Å². The van der Waals surface area contributed by atoms with E-state index in [1.165, 1.54) is 54.2 Å². The molecule has 11 nitrogen and oxygen atoms in total. The lowest BCUT2D eigenvalue weighted by Gasteiger charge is -2.23. The van der Waals surface area contributed by atoms with E-state index in [0.717, 1.165) is 0 Å². The normalized spacial score (nSPS) is 14.4. The maximum absolute atomic E-state index is 13.9. The summed E-state index contributed by atoms with van der Waals surface area (Å²) >= 11 is 0. The molecule has 0 spiro atoms. The van der Waals surface area contributed by atoms with Gasteiger partial charge in [0.05, 0.1) is 17.7 Å². The first-order chi connectivity index (χ1) is 21.2. The zero-order valence-corrected chi connectivity index (χ0v) is 25.3. The summed E-state index contributed by atoms with van der Waals surface area (Å²) in [6.45, 7) is -0.962. The van der Waals surface area contributed by atoms with E-state index in [4.69, 9.17) is 4.74 Å². The lowest BCUT2D eigenvalue weighted by atomic mass is 9.95. The van der Waals surface area contributed by atoms with Gasteiger partial charge in [0.1, 0.15) is 17.9 Å². The van der Waals surface area contributed by atoms with Crippen molar-refractivity contribution in [3.05, 3.63) is 70.7 Å². The number of pyridine rings is 1. The highest BCUT2D eigenvalue weighted by Crippen LogP contribution is 2.44. The first kappa shape index (κ1) is 33.8. The highest BCUT2D eigenvalue weighted by molar-refractivity contribution is 7.56. The molecule has 1 aliphatic rings. The number of esters is 1. The molecule has 2 heterocycles. The summed E-state index contributed by atoms with van der Waals surface area (Å²) in [7, 11) is -2.77. The van der Waals surface area contributed by atoms with E-state index in [2.05, 4.69) is 14.6 Å². The fraction of sp³-hybridized carbons (Fsp3) is 0.379. The number of aromatic nitrogens is 1. The number of fused-ring (bicyclic) bond motifs is 2. The Kier molecular flexibility index (Phi) is 10.5. The van der Waals surface area contributed by atoms with Crippen LogP contribution in [-0.4, -0.2) is 83.4 Å². The van der Waals surface area contributed by atoms with Crippen molar-refractivity contribution in [1.82, 2.24) is 19.9 Å². The number of nitrogens with zero attached hydrogens (tertiary/aromatic N) is 3. The van der Waals surface area contributed by atoms with Crippen molar-refractivity contribution in [1.29, 1.82) is 0 Å². The maximum atomic E-state index is 13.9. The molecule has 16 heteroatoms. The van der Waals surface area contributed by atoms with Crippen molar-refractivity contribution < 1.29 is 50.9 Å². The molecule has 0 fully saturated rings. The van der Waals surface area contributed by atoms with Crippen LogP contribution in [0.2, 0.25) is 0 Å². The Morgan fingerprint density at radius 1 is 1.20 bits per heavy atom. The highest BCUT2D eigenvalue weighted by Gasteiger charge is 2.38. The number of hydrogen-bond acceptors (Lipinski definition) is 8. The molecule has 1 atom stereocenters. The fourth-order valence-corrected chi connectivity index (χ4v) is 6.57. The van der Waals surface area contributed by atoms with Crippen LogP contribution in [0.1, 0.15) is 45.2 Å². The summed E-state index contributed by atoms with van der Waals surface area (Å²) in [5, 5.41) is 13.5. The fourth-order valence-electron chi connectivity index (χ4n) is 4.91. The van der Waals surface area contributed by atoms with Gasteiger partial charge in [0.15, 0.2) is 12.4 Å². The Balaban J connectivity index is 1.55. The predicted octanol–water partition coefficient (Wildman–Crippen LogP) is 4.62. The van der Waals surface area contributed by atoms with E-state index >= 15 is 0 Å². The number of alkyl halides is 3. The summed E-state index contributed by atoms with van der Waals surface area (Å²) in [5.41, 5.74) is 0.914. The number of aromatic hydroxyl groups is 1. The molecule has 242 valence electrons. The molecule has 0 aliphatic carbocycles. The highest BCUT2D eigenvalue weighted by atomic mass is 31.2. The molecular formula is C29H31F4N4O7P. The van der Waals surface area contributed by atoms with Crippen molar-refractivity contribution >= 4 is 36.2 Å². The van der Waals surface area contributed by atoms with Crippen molar-refractivity contribution in [3.8, 4) is 5.75 Å². The number of carbonyl (C=O) groups excluding carboxylic acids is 3. The Bertz CT molecular complexity index is 1640. The van der Waals surface area contributed by atoms with Gasteiger partial charge in [-0.3, -0.25) is 23.9 Å². The monoisotopic (exact) mass is 654 g/mol. The number of halogens is 4. The van der Waals surface area contributed by atoms with E-state index in [1.807, 2.05) is 0 Å².